The first kappa shape index (κ1) is 29.9. The lowest BCUT2D eigenvalue weighted by Gasteiger charge is -2.31. The summed E-state index contributed by atoms with van der Waals surface area (Å²) in [4.78, 5) is 10.7. The maximum atomic E-state index is 15.0. The number of hydrogen-bond acceptors (Lipinski definition) is 5. The van der Waals surface area contributed by atoms with Crippen molar-refractivity contribution in [3.63, 3.8) is 0 Å². The molecule has 0 saturated heterocycles. The molecule has 0 heterocycles. The van der Waals surface area contributed by atoms with Gasteiger partial charge in [-0.05, 0) is 73.4 Å². The van der Waals surface area contributed by atoms with E-state index in [1.807, 2.05) is 0 Å². The Hall–Kier alpha value is -3.11. The fourth-order valence-electron chi connectivity index (χ4n) is 5.49. The highest BCUT2D eigenvalue weighted by Gasteiger charge is 2.29. The average molecular weight is 569 g/mol. The molecule has 0 amide bonds. The molecule has 1 aliphatic rings. The van der Waals surface area contributed by atoms with E-state index in [1.165, 1.54) is 30.3 Å². The van der Waals surface area contributed by atoms with Crippen molar-refractivity contribution in [1.29, 1.82) is 0 Å². The first-order chi connectivity index (χ1) is 18.8. The van der Waals surface area contributed by atoms with Gasteiger partial charge in [-0.25, -0.2) is 12.8 Å². The molecule has 0 spiro atoms. The fraction of sp³-hybridized carbons (Fsp3) is 0.387. The second-order valence-corrected chi connectivity index (χ2v) is 13.4. The van der Waals surface area contributed by atoms with Crippen LogP contribution in [0.5, 0.6) is 0 Å². The van der Waals surface area contributed by atoms with Gasteiger partial charge in [0.1, 0.15) is 5.82 Å². The number of aliphatic hydroxyl groups excluding tert-OH is 1. The minimum Gasteiger partial charge on any atom is -0.481 e. The summed E-state index contributed by atoms with van der Waals surface area (Å²) in [6, 6.07) is 18.6. The van der Waals surface area contributed by atoms with Crippen molar-refractivity contribution in [2.24, 2.45) is 5.92 Å². The Labute approximate surface area is 235 Å². The van der Waals surface area contributed by atoms with Crippen LogP contribution in [0.1, 0.15) is 37.0 Å². The molecular formula is C31H37FN2O5S. The number of carbonyl (C=O) groups is 1. The predicted molar refractivity (Wildman–Crippen MR) is 153 cm³/mol. The molecule has 9 heteroatoms. The second-order valence-electron chi connectivity index (χ2n) is 11.4. The van der Waals surface area contributed by atoms with Crippen LogP contribution in [0.4, 0.5) is 4.39 Å². The summed E-state index contributed by atoms with van der Waals surface area (Å²) in [7, 11) is -2.67. The topological polar surface area (TPSA) is 107 Å². The summed E-state index contributed by atoms with van der Waals surface area (Å²) in [5.74, 6) is -1.16. The highest BCUT2D eigenvalue weighted by atomic mass is 32.2. The van der Waals surface area contributed by atoms with E-state index < -0.39 is 27.9 Å². The third kappa shape index (κ3) is 7.34. The molecule has 0 saturated carbocycles. The number of nitrogens with one attached hydrogen (secondary N) is 1. The van der Waals surface area contributed by atoms with Crippen molar-refractivity contribution < 1.29 is 27.8 Å². The Morgan fingerprint density at radius 1 is 1.07 bits per heavy atom. The number of carboxylic acid groups (broad SMARTS) is 1. The van der Waals surface area contributed by atoms with Gasteiger partial charge < -0.3 is 15.5 Å². The van der Waals surface area contributed by atoms with Gasteiger partial charge in [0, 0.05) is 31.2 Å². The van der Waals surface area contributed by atoms with Gasteiger partial charge in [-0.3, -0.25) is 4.79 Å². The maximum absolute atomic E-state index is 15.0. The highest BCUT2D eigenvalue weighted by Crippen LogP contribution is 2.32. The summed E-state index contributed by atoms with van der Waals surface area (Å²) in [6.07, 6.45) is 1.91. The van der Waals surface area contributed by atoms with Crippen LogP contribution in [-0.4, -0.2) is 60.7 Å². The Morgan fingerprint density at radius 2 is 1.70 bits per heavy atom. The van der Waals surface area contributed by atoms with Crippen LogP contribution in [0.15, 0.2) is 71.6 Å². The monoisotopic (exact) mass is 568 g/mol. The first-order valence-corrected chi connectivity index (χ1v) is 14.8. The van der Waals surface area contributed by atoms with Crippen LogP contribution < -0.4 is 5.32 Å². The highest BCUT2D eigenvalue weighted by molar-refractivity contribution is 7.89. The Kier molecular flexibility index (Phi) is 9.09. The number of aliphatic hydroxyl groups is 1. The van der Waals surface area contributed by atoms with E-state index in [0.29, 0.717) is 17.0 Å². The molecular weight excluding hydrogens is 531 g/mol. The van der Waals surface area contributed by atoms with E-state index >= 15 is 0 Å². The molecule has 3 N–H and O–H groups in total. The van der Waals surface area contributed by atoms with Crippen LogP contribution in [-0.2, 0) is 34.1 Å². The molecule has 0 bridgehead atoms. The summed E-state index contributed by atoms with van der Waals surface area (Å²) < 4.78 is 42.3. The molecule has 0 fully saturated rings. The fourth-order valence-corrected chi connectivity index (χ4v) is 6.71. The van der Waals surface area contributed by atoms with E-state index in [2.05, 4.69) is 43.4 Å². The molecule has 3 aromatic carbocycles. The van der Waals surface area contributed by atoms with Gasteiger partial charge in [0.2, 0.25) is 10.0 Å². The van der Waals surface area contributed by atoms with Crippen LogP contribution in [0.2, 0.25) is 0 Å². The maximum Gasteiger partial charge on any atom is 0.307 e. The third-order valence-corrected chi connectivity index (χ3v) is 9.31. The lowest BCUT2D eigenvalue weighted by Crippen LogP contribution is -2.47. The number of aliphatic carboxylic acids is 1. The number of β-amino-alcohol motifs (C(OH)–C–C–N with tert-alkyl or cyclic N) is 1. The minimum absolute atomic E-state index is 0.138. The summed E-state index contributed by atoms with van der Waals surface area (Å²) in [5.41, 5.74) is 3.85. The molecule has 0 aromatic heterocycles. The van der Waals surface area contributed by atoms with Crippen molar-refractivity contribution >= 4 is 16.0 Å². The molecule has 3 aromatic rings. The first-order valence-electron chi connectivity index (χ1n) is 13.4. The van der Waals surface area contributed by atoms with Crippen LogP contribution in [0, 0.1) is 11.7 Å². The third-order valence-electron chi connectivity index (χ3n) is 7.49. The second kappa shape index (κ2) is 12.2. The smallest absolute Gasteiger partial charge is 0.307 e. The largest absolute Gasteiger partial charge is 0.481 e. The van der Waals surface area contributed by atoms with Crippen molar-refractivity contribution in [3.05, 3.63) is 89.2 Å². The average Bonchev–Trinajstić information content (AvgIpc) is 3.29. The zero-order chi connectivity index (χ0) is 29.1. The van der Waals surface area contributed by atoms with Gasteiger partial charge in [0.25, 0.3) is 0 Å². The standard InChI is InChI=1S/C31H37FN2O5S/c1-31(2,18-22-14-24-6-4-5-7-25(24)15-22)33-19-26(35)20-34(3)40(38,39)27-12-13-28(29(32)17-27)23-10-8-21(9-11-23)16-30(36)37/h4-13,17,22,26,33,35H,14-16,18-20H2,1-3H3,(H,36,37)/t26-/m1/s1. The van der Waals surface area contributed by atoms with Gasteiger partial charge in [-0.15, -0.1) is 0 Å². The Bertz CT molecular complexity index is 1430. The Balaban J connectivity index is 1.33. The minimum atomic E-state index is -4.04. The molecule has 0 radical (unpaired) electrons. The lowest BCUT2D eigenvalue weighted by molar-refractivity contribution is -0.136. The van der Waals surface area contributed by atoms with Crippen molar-refractivity contribution in [1.82, 2.24) is 9.62 Å². The van der Waals surface area contributed by atoms with Crippen molar-refractivity contribution in [2.75, 3.05) is 20.1 Å². The van der Waals surface area contributed by atoms with Crippen LogP contribution in [0.25, 0.3) is 11.1 Å². The normalized spacial score (nSPS) is 14.8. The number of benzene rings is 3. The zero-order valence-electron chi connectivity index (χ0n) is 23.1. The Morgan fingerprint density at radius 3 is 2.27 bits per heavy atom. The lowest BCUT2D eigenvalue weighted by atomic mass is 9.88. The molecule has 0 unspecified atom stereocenters. The molecule has 7 nitrogen and oxygen atoms in total. The number of nitrogens with zero attached hydrogens (tertiary/aromatic N) is 1. The number of likely N-dealkylation sites (N-methyl/N-ethyl adjacent to an activating group) is 1. The molecule has 0 aliphatic heterocycles. The van der Waals surface area contributed by atoms with Gasteiger partial charge in [-0.1, -0.05) is 54.6 Å². The molecule has 1 aliphatic carbocycles. The van der Waals surface area contributed by atoms with E-state index in [1.54, 1.807) is 24.3 Å². The molecule has 4 rings (SSSR count). The summed E-state index contributed by atoms with van der Waals surface area (Å²) in [5, 5.41) is 22.9. The summed E-state index contributed by atoms with van der Waals surface area (Å²) >= 11 is 0. The number of rotatable bonds is 12. The number of carboxylic acids is 1. The molecule has 1 atom stereocenters. The summed E-state index contributed by atoms with van der Waals surface area (Å²) in [6.45, 7) is 4.26. The van der Waals surface area contributed by atoms with Gasteiger partial charge in [-0.2, -0.15) is 4.31 Å². The van der Waals surface area contributed by atoms with Crippen LogP contribution >= 0.6 is 0 Å². The van der Waals surface area contributed by atoms with E-state index in [9.17, 15) is 22.7 Å². The number of sulfonamides is 1. The van der Waals surface area contributed by atoms with Gasteiger partial charge in [0.05, 0.1) is 17.4 Å². The van der Waals surface area contributed by atoms with E-state index in [4.69, 9.17) is 5.11 Å². The van der Waals surface area contributed by atoms with Gasteiger partial charge >= 0.3 is 5.97 Å². The van der Waals surface area contributed by atoms with Crippen molar-refractivity contribution in [2.45, 2.75) is 56.1 Å². The zero-order valence-corrected chi connectivity index (χ0v) is 23.9. The van der Waals surface area contributed by atoms with E-state index in [0.717, 1.165) is 29.6 Å². The SMILES string of the molecule is CN(C[C@H](O)CNC(C)(C)CC1Cc2ccccc2C1)S(=O)(=O)c1ccc(-c2ccc(CC(=O)O)cc2)c(F)c1. The predicted octanol–water partition coefficient (Wildman–Crippen LogP) is 4.27. The van der Waals surface area contributed by atoms with E-state index in [-0.39, 0.29) is 35.5 Å². The quantitative estimate of drug-likeness (QED) is 0.301. The number of fused-ring (bicyclic) bond motifs is 1. The van der Waals surface area contributed by atoms with Gasteiger partial charge in [0.15, 0.2) is 0 Å². The van der Waals surface area contributed by atoms with Crippen LogP contribution in [0.3, 0.4) is 0 Å². The number of halogens is 1. The number of hydrogen-bond donors (Lipinski definition) is 3. The van der Waals surface area contributed by atoms with Crippen molar-refractivity contribution in [3.8, 4) is 11.1 Å². The molecule has 40 heavy (non-hydrogen) atoms. The molecule has 214 valence electrons.